The van der Waals surface area contributed by atoms with Crippen LogP contribution in [0.5, 0.6) is 11.5 Å². The minimum Gasteiger partial charge on any atom is -0.497 e. The lowest BCUT2D eigenvalue weighted by Crippen LogP contribution is -2.46. The maximum absolute atomic E-state index is 15.8. The van der Waals surface area contributed by atoms with E-state index in [2.05, 4.69) is 43.8 Å². The average molecular weight is 1020 g/mol. The van der Waals surface area contributed by atoms with E-state index in [-0.39, 0.29) is 42.0 Å². The molecule has 1 unspecified atom stereocenters. The lowest BCUT2D eigenvalue weighted by molar-refractivity contribution is -0.0931. The van der Waals surface area contributed by atoms with Crippen LogP contribution < -0.4 is 37.3 Å². The molecule has 8 rings (SSSR count). The van der Waals surface area contributed by atoms with Gasteiger partial charge in [0.1, 0.15) is 47.9 Å². The summed E-state index contributed by atoms with van der Waals surface area (Å²) in [5.41, 5.74) is -0.793. The van der Waals surface area contributed by atoms with Gasteiger partial charge < -0.3 is 32.6 Å². The molecule has 72 heavy (non-hydrogen) atoms. The van der Waals surface area contributed by atoms with Crippen LogP contribution >= 0.6 is 7.60 Å². The van der Waals surface area contributed by atoms with Gasteiger partial charge in [0.25, 0.3) is 11.1 Å². The predicted molar refractivity (Wildman–Crippen MR) is 274 cm³/mol. The first-order chi connectivity index (χ1) is 34.2. The summed E-state index contributed by atoms with van der Waals surface area (Å²) < 4.78 is 70.5. The van der Waals surface area contributed by atoms with Crippen LogP contribution in [0, 0.1) is 13.8 Å². The summed E-state index contributed by atoms with van der Waals surface area (Å²) in [6, 6.07) is 33.3. The Balaban J connectivity index is 1.18. The zero-order valence-corrected chi connectivity index (χ0v) is 43.9. The topological polar surface area (TPSA) is 201 Å². The van der Waals surface area contributed by atoms with Crippen LogP contribution in [0.1, 0.15) is 73.9 Å². The van der Waals surface area contributed by atoms with Gasteiger partial charge in [-0.1, -0.05) is 93.6 Å². The molecule has 19 heteroatoms. The van der Waals surface area contributed by atoms with Gasteiger partial charge in [-0.3, -0.25) is 37.8 Å². The first kappa shape index (κ1) is 52.4. The molecule has 17 nitrogen and oxygen atoms in total. The molecule has 2 aliphatic heterocycles. The number of aromatic nitrogens is 4. The molecule has 0 aliphatic carbocycles. The van der Waals surface area contributed by atoms with Gasteiger partial charge in [0.2, 0.25) is 0 Å². The summed E-state index contributed by atoms with van der Waals surface area (Å²) in [5.74, 6) is 1.28. The minimum absolute atomic E-state index is 0.0173. The summed E-state index contributed by atoms with van der Waals surface area (Å²) in [4.78, 5) is 56.4. The molecular weight excluding hydrogens is 960 g/mol. The molecule has 6 aromatic rings. The van der Waals surface area contributed by atoms with Crippen molar-refractivity contribution in [2.75, 3.05) is 27.4 Å². The lowest BCUT2D eigenvalue weighted by Gasteiger charge is -2.39. The number of H-pyrrole nitrogens is 2. The monoisotopic (exact) mass is 1020 g/mol. The zero-order valence-electron chi connectivity index (χ0n) is 42.0. The van der Waals surface area contributed by atoms with Gasteiger partial charge in [0.15, 0.2) is 8.32 Å². The van der Waals surface area contributed by atoms with Crippen molar-refractivity contribution in [3.63, 3.8) is 0 Å². The summed E-state index contributed by atoms with van der Waals surface area (Å²) in [6.45, 7) is 13.3. The van der Waals surface area contributed by atoms with Crippen LogP contribution in [0.25, 0.3) is 0 Å². The summed E-state index contributed by atoms with van der Waals surface area (Å²) in [7, 11) is -3.69. The molecule has 7 atom stereocenters. The van der Waals surface area contributed by atoms with Crippen molar-refractivity contribution in [3.05, 3.63) is 191 Å². The van der Waals surface area contributed by atoms with Crippen molar-refractivity contribution in [3.8, 4) is 11.5 Å². The van der Waals surface area contributed by atoms with Crippen LogP contribution in [0.2, 0.25) is 18.1 Å². The number of benzene rings is 4. The van der Waals surface area contributed by atoms with Crippen molar-refractivity contribution >= 4 is 21.2 Å². The number of methoxy groups -OCH3 is 2. The SMILES string of the molecule is COc1ccc(C(OC[C@H]2O[C@@H](n3cc(C)c(=O)[nH]c3=O)C[C@@H]2OP(=O)(OC[C@H]2O[C@@H](n3cc(C)c(=O)[nH]c3=O)C[C@@H]2O[Si](C)(C)C(C)(C)C)c2ccccc2)(c2ccccc2)c2ccc(OC)cc2)cc1. The molecule has 0 amide bonds. The van der Waals surface area contributed by atoms with Gasteiger partial charge in [-0.05, 0) is 85.1 Å². The third-order valence-electron chi connectivity index (χ3n) is 13.9. The first-order valence-corrected chi connectivity index (χ1v) is 28.3. The van der Waals surface area contributed by atoms with Crippen molar-refractivity contribution in [1.29, 1.82) is 0 Å². The van der Waals surface area contributed by atoms with Crippen molar-refractivity contribution in [1.82, 2.24) is 19.1 Å². The van der Waals surface area contributed by atoms with Gasteiger partial charge >= 0.3 is 19.0 Å². The minimum atomic E-state index is -4.39. The molecule has 0 radical (unpaired) electrons. The number of nitrogens with zero attached hydrogens (tertiary/aromatic N) is 2. The Kier molecular flexibility index (Phi) is 15.5. The second-order valence-corrected chi connectivity index (χ2v) is 26.4. The molecule has 2 aliphatic rings. The van der Waals surface area contributed by atoms with Crippen molar-refractivity contribution in [2.24, 2.45) is 0 Å². The molecule has 0 saturated carbocycles. The highest BCUT2D eigenvalue weighted by Gasteiger charge is 2.49. The fourth-order valence-corrected chi connectivity index (χ4v) is 12.0. The maximum Gasteiger partial charge on any atom is 0.361 e. The molecule has 4 heterocycles. The normalized spacial score (nSPS) is 21.3. The van der Waals surface area contributed by atoms with Crippen LogP contribution in [-0.2, 0) is 37.9 Å². The molecule has 2 fully saturated rings. The van der Waals surface area contributed by atoms with Crippen LogP contribution in [-0.4, -0.2) is 79.3 Å². The van der Waals surface area contributed by atoms with E-state index in [1.165, 1.54) is 21.5 Å². The van der Waals surface area contributed by atoms with Crippen LogP contribution in [0.4, 0.5) is 0 Å². The summed E-state index contributed by atoms with van der Waals surface area (Å²) in [5, 5.41) is 0.0372. The molecule has 0 spiro atoms. The fraction of sp³-hybridized carbons (Fsp3) is 0.396. The number of nitrogens with one attached hydrogen (secondary N) is 2. The molecule has 382 valence electrons. The number of ether oxygens (including phenoxy) is 5. The maximum atomic E-state index is 15.8. The second-order valence-electron chi connectivity index (χ2n) is 19.7. The van der Waals surface area contributed by atoms with E-state index >= 15 is 4.57 Å². The second kappa shape index (κ2) is 21.3. The highest BCUT2D eigenvalue weighted by Crippen LogP contribution is 2.53. The Morgan fingerprint density at radius 3 is 1.56 bits per heavy atom. The van der Waals surface area contributed by atoms with E-state index < -0.39 is 80.9 Å². The quantitative estimate of drug-likeness (QED) is 0.0485. The van der Waals surface area contributed by atoms with Gasteiger partial charge in [-0.15, -0.1) is 0 Å². The standard InChI is InChI=1S/C53H63N4O13PSi/c1-34-30-56(50(60)54-48(34)58)46-28-42(44(67-46)32-65-53(36-16-12-10-13-17-36,37-20-24-39(63-6)25-21-37)38-22-26-40(64-7)27-23-38)69-71(62,41-18-14-11-15-19-41)66-33-45-43(70-72(8,9)52(3,4)5)29-47(68-45)57-31-35(2)49(59)55-51(57)61/h10-27,30-31,42-47H,28-29,32-33H2,1-9H3,(H,54,58,60)(H,55,59,61)/t42-,43-,44+,45+,46+,47+,71?/m0/s1. The zero-order chi connectivity index (χ0) is 51.6. The van der Waals surface area contributed by atoms with Crippen molar-refractivity contribution in [2.45, 2.75) is 108 Å². The molecule has 2 N–H and O–H groups in total. The van der Waals surface area contributed by atoms with E-state index in [1.54, 1.807) is 58.4 Å². The smallest absolute Gasteiger partial charge is 0.361 e. The van der Waals surface area contributed by atoms with Crippen molar-refractivity contribution < 1.29 is 41.7 Å². The van der Waals surface area contributed by atoms with E-state index in [0.29, 0.717) is 17.1 Å². The molecular formula is C53H63N4O13PSi. The Bertz CT molecular complexity index is 3070. The van der Waals surface area contributed by atoms with Crippen LogP contribution in [0.15, 0.2) is 141 Å². The molecule has 4 aromatic carbocycles. The Labute approximate surface area is 418 Å². The number of rotatable bonds is 18. The van der Waals surface area contributed by atoms with Gasteiger partial charge in [0, 0.05) is 36.4 Å². The Morgan fingerprint density at radius 2 is 1.08 bits per heavy atom. The van der Waals surface area contributed by atoms with E-state index in [9.17, 15) is 19.2 Å². The predicted octanol–water partition coefficient (Wildman–Crippen LogP) is 7.62. The third kappa shape index (κ3) is 10.9. The van der Waals surface area contributed by atoms with Gasteiger partial charge in [-0.25, -0.2) is 9.59 Å². The highest BCUT2D eigenvalue weighted by atomic mass is 31.2. The highest BCUT2D eigenvalue weighted by molar-refractivity contribution is 7.62. The number of aryl methyl sites for hydroxylation is 2. The largest absolute Gasteiger partial charge is 0.497 e. The molecule has 2 aromatic heterocycles. The average Bonchev–Trinajstić information content (AvgIpc) is 3.96. The Morgan fingerprint density at radius 1 is 0.639 bits per heavy atom. The Hall–Kier alpha value is -5.95. The van der Waals surface area contributed by atoms with Crippen LogP contribution in [0.3, 0.4) is 0 Å². The van der Waals surface area contributed by atoms with E-state index in [1.807, 2.05) is 78.9 Å². The fourth-order valence-electron chi connectivity index (χ4n) is 8.84. The van der Waals surface area contributed by atoms with Gasteiger partial charge in [-0.2, -0.15) is 0 Å². The lowest BCUT2D eigenvalue weighted by atomic mass is 9.80. The van der Waals surface area contributed by atoms with E-state index in [4.69, 9.17) is 37.2 Å². The summed E-state index contributed by atoms with van der Waals surface area (Å²) >= 11 is 0. The first-order valence-electron chi connectivity index (χ1n) is 23.9. The van der Waals surface area contributed by atoms with E-state index in [0.717, 1.165) is 16.7 Å². The molecule has 0 bridgehead atoms. The molecule has 2 saturated heterocycles. The number of hydrogen-bond donors (Lipinski definition) is 2. The summed E-state index contributed by atoms with van der Waals surface area (Å²) in [6.07, 6.45) is -2.28. The number of hydrogen-bond acceptors (Lipinski definition) is 13. The third-order valence-corrected chi connectivity index (χ3v) is 20.4. The van der Waals surface area contributed by atoms with Gasteiger partial charge in [0.05, 0.1) is 38.8 Å². The number of aromatic amines is 2.